The highest BCUT2D eigenvalue weighted by Gasteiger charge is 2.17. The zero-order chi connectivity index (χ0) is 14.8. The Morgan fingerprint density at radius 3 is 2.43 bits per heavy atom. The molecule has 0 radical (unpaired) electrons. The molecule has 2 N–H and O–H groups in total. The lowest BCUT2D eigenvalue weighted by molar-refractivity contribution is 0.100. The van der Waals surface area contributed by atoms with Gasteiger partial charge in [-0.3, -0.25) is 4.79 Å². The predicted molar refractivity (Wildman–Crippen MR) is 85.3 cm³/mol. The van der Waals surface area contributed by atoms with E-state index in [1.807, 2.05) is 49.4 Å². The van der Waals surface area contributed by atoms with Gasteiger partial charge in [-0.25, -0.2) is 0 Å². The summed E-state index contributed by atoms with van der Waals surface area (Å²) in [7, 11) is 0. The molecule has 0 saturated heterocycles. The van der Waals surface area contributed by atoms with Crippen LogP contribution in [-0.4, -0.2) is 10.5 Å². The van der Waals surface area contributed by atoms with Crippen molar-refractivity contribution in [2.24, 2.45) is 5.73 Å². The maximum Gasteiger partial charge on any atom is 0.251 e. The van der Waals surface area contributed by atoms with Crippen molar-refractivity contribution >= 4 is 16.8 Å². The predicted octanol–water partition coefficient (Wildman–Crippen LogP) is 3.29. The van der Waals surface area contributed by atoms with Crippen molar-refractivity contribution in [2.45, 2.75) is 19.9 Å². The van der Waals surface area contributed by atoms with Gasteiger partial charge < -0.3 is 10.3 Å². The molecule has 3 nitrogen and oxygen atoms in total. The molecule has 2 aromatic carbocycles. The third kappa shape index (κ3) is 2.42. The SMILES string of the molecule is Cc1c(C(N)=O)c2ccccc2n1CCc1ccccc1. The van der Waals surface area contributed by atoms with Crippen molar-refractivity contribution in [1.29, 1.82) is 0 Å². The van der Waals surface area contributed by atoms with Crippen molar-refractivity contribution in [1.82, 2.24) is 4.57 Å². The Balaban J connectivity index is 2.02. The number of primary amides is 1. The standard InChI is InChI=1S/C18H18N2O/c1-13-17(18(19)21)15-9-5-6-10-16(15)20(13)12-11-14-7-3-2-4-8-14/h2-10H,11-12H2,1H3,(H2,19,21). The van der Waals surface area contributed by atoms with E-state index in [-0.39, 0.29) is 5.91 Å². The van der Waals surface area contributed by atoms with Crippen LogP contribution in [0.25, 0.3) is 10.9 Å². The highest BCUT2D eigenvalue weighted by molar-refractivity contribution is 6.07. The van der Waals surface area contributed by atoms with E-state index >= 15 is 0 Å². The number of hydrogen-bond donors (Lipinski definition) is 1. The van der Waals surface area contributed by atoms with Gasteiger partial charge in [0.1, 0.15) is 0 Å². The van der Waals surface area contributed by atoms with E-state index in [1.165, 1.54) is 5.56 Å². The first kappa shape index (κ1) is 13.4. The average Bonchev–Trinajstić information content (AvgIpc) is 2.78. The summed E-state index contributed by atoms with van der Waals surface area (Å²) in [5, 5.41) is 0.940. The topological polar surface area (TPSA) is 48.0 Å². The number of para-hydroxylation sites is 1. The summed E-state index contributed by atoms with van der Waals surface area (Å²) < 4.78 is 2.18. The van der Waals surface area contributed by atoms with Gasteiger partial charge in [-0.05, 0) is 25.0 Å². The van der Waals surface area contributed by atoms with E-state index in [4.69, 9.17) is 5.73 Å². The number of aryl methyl sites for hydroxylation is 2. The first-order chi connectivity index (χ1) is 10.2. The molecular formula is C18H18N2O. The van der Waals surface area contributed by atoms with Crippen molar-refractivity contribution in [3.8, 4) is 0 Å². The lowest BCUT2D eigenvalue weighted by atomic mass is 10.1. The van der Waals surface area contributed by atoms with Gasteiger partial charge in [0, 0.05) is 23.1 Å². The van der Waals surface area contributed by atoms with Crippen LogP contribution in [0.3, 0.4) is 0 Å². The van der Waals surface area contributed by atoms with E-state index in [0.29, 0.717) is 5.56 Å². The molecule has 3 heteroatoms. The van der Waals surface area contributed by atoms with Crippen molar-refractivity contribution < 1.29 is 4.79 Å². The number of carbonyl (C=O) groups is 1. The molecule has 0 bridgehead atoms. The minimum absolute atomic E-state index is 0.359. The van der Waals surface area contributed by atoms with Crippen molar-refractivity contribution in [3.63, 3.8) is 0 Å². The lowest BCUT2D eigenvalue weighted by Crippen LogP contribution is -2.13. The maximum absolute atomic E-state index is 11.7. The van der Waals surface area contributed by atoms with Crippen LogP contribution in [0.2, 0.25) is 0 Å². The Morgan fingerprint density at radius 1 is 1.05 bits per heavy atom. The van der Waals surface area contributed by atoms with Gasteiger partial charge >= 0.3 is 0 Å². The van der Waals surface area contributed by atoms with Crippen LogP contribution in [0.5, 0.6) is 0 Å². The number of nitrogens with zero attached hydrogens (tertiary/aromatic N) is 1. The number of nitrogens with two attached hydrogens (primary N) is 1. The molecule has 0 aliphatic carbocycles. The number of hydrogen-bond acceptors (Lipinski definition) is 1. The van der Waals surface area contributed by atoms with Crippen molar-refractivity contribution in [3.05, 3.63) is 71.4 Å². The molecular weight excluding hydrogens is 260 g/mol. The Kier molecular flexibility index (Phi) is 3.48. The smallest absolute Gasteiger partial charge is 0.251 e. The van der Waals surface area contributed by atoms with E-state index < -0.39 is 0 Å². The van der Waals surface area contributed by atoms with Gasteiger partial charge in [-0.1, -0.05) is 48.5 Å². The van der Waals surface area contributed by atoms with Crippen molar-refractivity contribution in [2.75, 3.05) is 0 Å². The fourth-order valence-corrected chi connectivity index (χ4v) is 2.92. The average molecular weight is 278 g/mol. The van der Waals surface area contributed by atoms with E-state index in [0.717, 1.165) is 29.6 Å². The number of rotatable bonds is 4. The van der Waals surface area contributed by atoms with E-state index in [9.17, 15) is 4.79 Å². The Morgan fingerprint density at radius 2 is 1.71 bits per heavy atom. The minimum atomic E-state index is -0.359. The van der Waals surface area contributed by atoms with Crippen LogP contribution in [-0.2, 0) is 13.0 Å². The molecule has 0 saturated carbocycles. The van der Waals surface area contributed by atoms with Crippen LogP contribution in [0.4, 0.5) is 0 Å². The van der Waals surface area contributed by atoms with Gasteiger partial charge in [-0.2, -0.15) is 0 Å². The number of carbonyl (C=O) groups excluding carboxylic acids is 1. The molecule has 3 rings (SSSR count). The van der Waals surface area contributed by atoms with Crippen LogP contribution < -0.4 is 5.73 Å². The van der Waals surface area contributed by atoms with Gasteiger partial charge in [0.15, 0.2) is 0 Å². The second kappa shape index (κ2) is 5.44. The lowest BCUT2D eigenvalue weighted by Gasteiger charge is -2.08. The third-order valence-electron chi connectivity index (χ3n) is 3.94. The summed E-state index contributed by atoms with van der Waals surface area (Å²) in [5.74, 6) is -0.359. The fourth-order valence-electron chi connectivity index (χ4n) is 2.92. The molecule has 1 aromatic heterocycles. The summed E-state index contributed by atoms with van der Waals surface area (Å²) in [4.78, 5) is 11.7. The molecule has 0 spiro atoms. The molecule has 106 valence electrons. The van der Waals surface area contributed by atoms with Crippen LogP contribution in [0, 0.1) is 6.92 Å². The molecule has 0 aliphatic heterocycles. The minimum Gasteiger partial charge on any atom is -0.366 e. The number of benzene rings is 2. The third-order valence-corrected chi connectivity index (χ3v) is 3.94. The second-order valence-electron chi connectivity index (χ2n) is 5.23. The first-order valence-electron chi connectivity index (χ1n) is 7.10. The van der Waals surface area contributed by atoms with E-state index in [1.54, 1.807) is 0 Å². The quantitative estimate of drug-likeness (QED) is 0.782. The normalized spacial score (nSPS) is 10.9. The molecule has 1 heterocycles. The Hall–Kier alpha value is -2.55. The molecule has 0 atom stereocenters. The van der Waals surface area contributed by atoms with Gasteiger partial charge in [0.05, 0.1) is 5.56 Å². The maximum atomic E-state index is 11.7. The summed E-state index contributed by atoms with van der Waals surface area (Å²) in [5.41, 5.74) is 9.49. The van der Waals surface area contributed by atoms with Crippen LogP contribution in [0.1, 0.15) is 21.6 Å². The Bertz CT molecular complexity index is 788. The zero-order valence-corrected chi connectivity index (χ0v) is 12.0. The molecule has 21 heavy (non-hydrogen) atoms. The number of amides is 1. The monoisotopic (exact) mass is 278 g/mol. The van der Waals surface area contributed by atoms with E-state index in [2.05, 4.69) is 16.7 Å². The zero-order valence-electron chi connectivity index (χ0n) is 12.0. The van der Waals surface area contributed by atoms with Crippen LogP contribution >= 0.6 is 0 Å². The summed E-state index contributed by atoms with van der Waals surface area (Å²) in [6, 6.07) is 18.3. The largest absolute Gasteiger partial charge is 0.366 e. The molecule has 1 amide bonds. The Labute approximate surface area is 124 Å². The molecule has 0 unspecified atom stereocenters. The van der Waals surface area contributed by atoms with Crippen LogP contribution in [0.15, 0.2) is 54.6 Å². The van der Waals surface area contributed by atoms with Gasteiger partial charge in [0.25, 0.3) is 5.91 Å². The number of fused-ring (bicyclic) bond motifs is 1. The second-order valence-corrected chi connectivity index (χ2v) is 5.23. The molecule has 0 fully saturated rings. The molecule has 0 aliphatic rings. The van der Waals surface area contributed by atoms with Gasteiger partial charge in [0.2, 0.25) is 0 Å². The summed E-state index contributed by atoms with van der Waals surface area (Å²) in [6.45, 7) is 2.80. The first-order valence-corrected chi connectivity index (χ1v) is 7.10. The summed E-state index contributed by atoms with van der Waals surface area (Å²) in [6.07, 6.45) is 0.929. The molecule has 3 aromatic rings. The van der Waals surface area contributed by atoms with Gasteiger partial charge in [-0.15, -0.1) is 0 Å². The highest BCUT2D eigenvalue weighted by atomic mass is 16.1. The fraction of sp³-hybridized carbons (Fsp3) is 0.167. The summed E-state index contributed by atoms with van der Waals surface area (Å²) >= 11 is 0. The highest BCUT2D eigenvalue weighted by Crippen LogP contribution is 2.25. The number of aromatic nitrogens is 1.